The van der Waals surface area contributed by atoms with Gasteiger partial charge in [-0.05, 0) is 0 Å². The van der Waals surface area contributed by atoms with Crippen LogP contribution in [0.3, 0.4) is 0 Å². The molecule has 2 heterocycles. The van der Waals surface area contributed by atoms with E-state index in [2.05, 4.69) is 13.2 Å². The molecule has 2 aliphatic rings. The molecule has 0 aromatic heterocycles. The minimum absolute atomic E-state index is 0.261. The van der Waals surface area contributed by atoms with Crippen molar-refractivity contribution >= 4 is 59.0 Å². The van der Waals surface area contributed by atoms with Gasteiger partial charge in [0.2, 0.25) is 0 Å². The third-order valence-corrected chi connectivity index (χ3v) is 9.04. The van der Waals surface area contributed by atoms with Gasteiger partial charge in [-0.3, -0.25) is 9.59 Å². The lowest BCUT2D eigenvalue weighted by molar-refractivity contribution is -0.154. The van der Waals surface area contributed by atoms with Gasteiger partial charge in [0.25, 0.3) is 0 Å². The fourth-order valence-electron chi connectivity index (χ4n) is 2.10. The zero-order valence-corrected chi connectivity index (χ0v) is 17.5. The van der Waals surface area contributed by atoms with Crippen LogP contribution in [0.25, 0.3) is 0 Å². The first-order valence-corrected chi connectivity index (χ1v) is 12.5. The molecule has 0 amide bonds. The summed E-state index contributed by atoms with van der Waals surface area (Å²) >= 11 is 7.14. The topological polar surface area (TPSA) is 52.6 Å². The Bertz CT molecular complexity index is 465. The number of carbonyl (C=O) groups excluding carboxylic acids is 2. The van der Waals surface area contributed by atoms with Crippen LogP contribution in [0.15, 0.2) is 24.3 Å². The molecule has 0 aromatic rings. The van der Waals surface area contributed by atoms with Crippen molar-refractivity contribution in [1.82, 2.24) is 0 Å². The van der Waals surface area contributed by atoms with Crippen molar-refractivity contribution in [1.29, 1.82) is 0 Å². The van der Waals surface area contributed by atoms with Crippen molar-refractivity contribution in [3.05, 3.63) is 24.3 Å². The summed E-state index contributed by atoms with van der Waals surface area (Å²) in [6.45, 7) is 8.67. The lowest BCUT2D eigenvalue weighted by Gasteiger charge is -2.14. The number of ether oxygens (including phenoxy) is 2. The Balaban J connectivity index is 1.60. The molecule has 0 aliphatic carbocycles. The van der Waals surface area contributed by atoms with Gasteiger partial charge in [-0.25, -0.2) is 0 Å². The molecule has 2 rings (SSSR count). The summed E-state index contributed by atoms with van der Waals surface area (Å²) in [7, 11) is 0. The Hall–Kier alpha value is -0.180. The average molecular weight is 421 g/mol. The second-order valence-corrected chi connectivity index (χ2v) is 10.6. The summed E-state index contributed by atoms with van der Waals surface area (Å²) in [4.78, 5) is 23.6. The Morgan fingerprint density at radius 2 is 1.28 bits per heavy atom. The number of esters is 2. The fourth-order valence-corrected chi connectivity index (χ4v) is 6.92. The largest absolute Gasteiger partial charge is 0.464 e. The number of hydrogen-bond acceptors (Lipinski definition) is 8. The van der Waals surface area contributed by atoms with Gasteiger partial charge in [0.15, 0.2) is 0 Å². The zero-order chi connectivity index (χ0) is 18.1. The van der Waals surface area contributed by atoms with Gasteiger partial charge >= 0.3 is 11.9 Å². The summed E-state index contributed by atoms with van der Waals surface area (Å²) in [6.07, 6.45) is -0.311. The maximum Gasteiger partial charge on any atom is 0.317 e. The molecule has 140 valence electrons. The van der Waals surface area contributed by atoms with E-state index < -0.39 is 11.9 Å². The van der Waals surface area contributed by atoms with E-state index in [1.807, 2.05) is 23.5 Å². The number of rotatable bonds is 6. The Kier molecular flexibility index (Phi) is 9.73. The minimum atomic E-state index is -0.505. The van der Waals surface area contributed by atoms with E-state index in [1.54, 1.807) is 23.5 Å². The van der Waals surface area contributed by atoms with Gasteiger partial charge < -0.3 is 9.47 Å². The molecule has 8 heteroatoms. The first-order chi connectivity index (χ1) is 12.0. The number of hydrogen-bond donors (Lipinski definition) is 0. The second-order valence-electron chi connectivity index (χ2n) is 5.94. The first-order valence-electron chi connectivity index (χ1n) is 8.06. The molecular formula is C17H24O4S4. The van der Waals surface area contributed by atoms with Gasteiger partial charge in [-0.2, -0.15) is 23.5 Å². The molecule has 0 spiro atoms. The van der Waals surface area contributed by atoms with Gasteiger partial charge in [-0.15, -0.1) is 23.5 Å². The molecule has 2 fully saturated rings. The van der Waals surface area contributed by atoms with Crippen molar-refractivity contribution in [2.75, 3.05) is 47.7 Å². The molecule has 25 heavy (non-hydrogen) atoms. The van der Waals surface area contributed by atoms with Crippen LogP contribution < -0.4 is 0 Å². The van der Waals surface area contributed by atoms with Crippen molar-refractivity contribution in [2.24, 2.45) is 0 Å². The van der Waals surface area contributed by atoms with Gasteiger partial charge in [0.1, 0.15) is 19.6 Å². The van der Waals surface area contributed by atoms with E-state index >= 15 is 0 Å². The minimum Gasteiger partial charge on any atom is -0.464 e. The molecule has 0 aromatic carbocycles. The van der Waals surface area contributed by atoms with E-state index in [4.69, 9.17) is 9.47 Å². The lowest BCUT2D eigenvalue weighted by atomic mass is 10.4. The van der Waals surface area contributed by atoms with Gasteiger partial charge in [0.05, 0.1) is 0 Å². The summed E-state index contributed by atoms with van der Waals surface area (Å²) in [5.41, 5.74) is 2.43. The highest BCUT2D eigenvalue weighted by Gasteiger charge is 2.20. The number of thioether (sulfide) groups is 4. The van der Waals surface area contributed by atoms with Crippen LogP contribution >= 0.6 is 47.0 Å². The summed E-state index contributed by atoms with van der Waals surface area (Å²) < 4.78 is 10.5. The Morgan fingerprint density at radius 1 is 0.840 bits per heavy atom. The van der Waals surface area contributed by atoms with Crippen LogP contribution in [0.5, 0.6) is 0 Å². The van der Waals surface area contributed by atoms with Crippen LogP contribution in [0.4, 0.5) is 0 Å². The summed E-state index contributed by atoms with van der Waals surface area (Å²) in [6, 6.07) is 0. The third-order valence-electron chi connectivity index (χ3n) is 3.42. The molecule has 0 radical (unpaired) electrons. The quantitative estimate of drug-likeness (QED) is 0.369. The highest BCUT2D eigenvalue weighted by Crippen LogP contribution is 2.27. The third kappa shape index (κ3) is 8.84. The average Bonchev–Trinajstić information content (AvgIpc) is 2.91. The zero-order valence-electron chi connectivity index (χ0n) is 14.2. The summed E-state index contributed by atoms with van der Waals surface area (Å²) in [5.74, 6) is 4.60. The van der Waals surface area contributed by atoms with Gasteiger partial charge in [0, 0.05) is 45.0 Å². The SMILES string of the molecule is C=C1CSCC(COC(=O)CC(=O)OCC2CSCC(=C)CS2)SC1. The normalized spacial score (nSPS) is 25.0. The van der Waals surface area contributed by atoms with Crippen LogP contribution in [-0.4, -0.2) is 70.2 Å². The lowest BCUT2D eigenvalue weighted by Crippen LogP contribution is -2.23. The Labute approximate surface area is 166 Å². The van der Waals surface area contributed by atoms with Crippen LogP contribution in [0.1, 0.15) is 6.42 Å². The molecular weight excluding hydrogens is 396 g/mol. The standard InChI is InChI=1S/C17H24O4S4/c1-12-6-22-10-14(24-8-12)4-20-16(18)3-17(19)21-5-15-11-23-7-13(2)9-25-15/h14-15H,1-11H2. The van der Waals surface area contributed by atoms with Crippen molar-refractivity contribution < 1.29 is 19.1 Å². The van der Waals surface area contributed by atoms with E-state index in [0.29, 0.717) is 13.2 Å². The number of carbonyl (C=O) groups is 2. The van der Waals surface area contributed by atoms with E-state index in [0.717, 1.165) is 34.5 Å². The predicted octanol–water partition coefficient (Wildman–Crippen LogP) is 3.27. The van der Waals surface area contributed by atoms with Crippen molar-refractivity contribution in [2.45, 2.75) is 16.9 Å². The maximum atomic E-state index is 11.8. The molecule has 4 nitrogen and oxygen atoms in total. The second kappa shape index (κ2) is 11.5. The van der Waals surface area contributed by atoms with Crippen molar-refractivity contribution in [3.8, 4) is 0 Å². The summed E-state index contributed by atoms with van der Waals surface area (Å²) in [5, 5.41) is 0.522. The smallest absolute Gasteiger partial charge is 0.317 e. The molecule has 0 N–H and O–H groups in total. The molecule has 0 bridgehead atoms. The maximum absolute atomic E-state index is 11.8. The van der Waals surface area contributed by atoms with Crippen LogP contribution in [0.2, 0.25) is 0 Å². The van der Waals surface area contributed by atoms with E-state index in [1.165, 1.54) is 11.1 Å². The van der Waals surface area contributed by atoms with Gasteiger partial charge in [-0.1, -0.05) is 24.3 Å². The highest BCUT2D eigenvalue weighted by atomic mass is 32.2. The molecule has 2 unspecified atom stereocenters. The first kappa shape index (κ1) is 21.1. The molecule has 0 saturated carbocycles. The van der Waals surface area contributed by atoms with E-state index in [-0.39, 0.29) is 16.9 Å². The van der Waals surface area contributed by atoms with Crippen molar-refractivity contribution in [3.63, 3.8) is 0 Å². The Morgan fingerprint density at radius 3 is 1.72 bits per heavy atom. The predicted molar refractivity (Wildman–Crippen MR) is 112 cm³/mol. The van der Waals surface area contributed by atoms with E-state index in [9.17, 15) is 9.59 Å². The van der Waals surface area contributed by atoms with Crippen LogP contribution in [0, 0.1) is 0 Å². The monoisotopic (exact) mass is 420 g/mol. The molecule has 2 saturated heterocycles. The van der Waals surface area contributed by atoms with Crippen LogP contribution in [-0.2, 0) is 19.1 Å². The highest BCUT2D eigenvalue weighted by molar-refractivity contribution is 8.04. The molecule has 2 aliphatic heterocycles. The molecule has 2 atom stereocenters. The fraction of sp³-hybridized carbons (Fsp3) is 0.647.